The van der Waals surface area contributed by atoms with Gasteiger partial charge in [-0.25, -0.2) is 0 Å². The number of halogens is 2. The zero-order valence-corrected chi connectivity index (χ0v) is 12.0. The quantitative estimate of drug-likeness (QED) is 0.864. The van der Waals surface area contributed by atoms with Gasteiger partial charge in [0, 0.05) is 0 Å². The van der Waals surface area contributed by atoms with E-state index in [1.807, 2.05) is 19.2 Å². The van der Waals surface area contributed by atoms with Gasteiger partial charge >= 0.3 is 0 Å². The van der Waals surface area contributed by atoms with Crippen LogP contribution in [-0.4, -0.2) is 7.05 Å². The summed E-state index contributed by atoms with van der Waals surface area (Å²) < 4.78 is 0. The Hall–Kier alpha value is -0.540. The summed E-state index contributed by atoms with van der Waals surface area (Å²) in [5.41, 5.74) is 3.54. The lowest BCUT2D eigenvalue weighted by molar-refractivity contribution is 0.690. The van der Waals surface area contributed by atoms with Crippen molar-refractivity contribution in [1.29, 1.82) is 0 Å². The van der Waals surface area contributed by atoms with Crippen molar-refractivity contribution >= 4 is 34.5 Å². The minimum Gasteiger partial charge on any atom is -0.309 e. The number of hydrogen-bond acceptors (Lipinski definition) is 2. The van der Waals surface area contributed by atoms with E-state index in [2.05, 4.69) is 23.0 Å². The van der Waals surface area contributed by atoms with E-state index in [-0.39, 0.29) is 6.04 Å². The molecule has 90 valence electrons. The number of thiophene rings is 1. The van der Waals surface area contributed by atoms with Gasteiger partial charge in [0.25, 0.3) is 0 Å². The van der Waals surface area contributed by atoms with Gasteiger partial charge in [-0.2, -0.15) is 11.3 Å². The molecule has 0 saturated heterocycles. The lowest BCUT2D eigenvalue weighted by Crippen LogP contribution is -2.18. The molecule has 17 heavy (non-hydrogen) atoms. The van der Waals surface area contributed by atoms with E-state index in [1.165, 1.54) is 11.1 Å². The Labute approximate surface area is 115 Å². The number of hydrogen-bond donors (Lipinski definition) is 1. The molecule has 0 saturated carbocycles. The maximum Gasteiger partial charge on any atom is 0.0643 e. The highest BCUT2D eigenvalue weighted by molar-refractivity contribution is 7.08. The largest absolute Gasteiger partial charge is 0.309 e. The molecule has 1 aromatic carbocycles. The van der Waals surface area contributed by atoms with Crippen LogP contribution >= 0.6 is 34.5 Å². The van der Waals surface area contributed by atoms with Crippen LogP contribution < -0.4 is 5.32 Å². The summed E-state index contributed by atoms with van der Waals surface area (Å²) in [6, 6.07) is 5.83. The van der Waals surface area contributed by atoms with Crippen LogP contribution in [-0.2, 0) is 0 Å². The van der Waals surface area contributed by atoms with E-state index in [4.69, 9.17) is 23.2 Å². The Morgan fingerprint density at radius 2 is 1.94 bits per heavy atom. The Morgan fingerprint density at radius 3 is 2.53 bits per heavy atom. The predicted octanol–water partition coefficient (Wildman–Crippen LogP) is 4.67. The number of benzene rings is 1. The number of aryl methyl sites for hydroxylation is 1. The fourth-order valence-corrected chi connectivity index (χ4v) is 3.18. The van der Waals surface area contributed by atoms with Crippen molar-refractivity contribution in [2.75, 3.05) is 7.05 Å². The zero-order chi connectivity index (χ0) is 12.4. The molecule has 0 fully saturated rings. The minimum absolute atomic E-state index is 0.0902. The van der Waals surface area contributed by atoms with Crippen molar-refractivity contribution in [3.63, 3.8) is 0 Å². The van der Waals surface area contributed by atoms with Crippen molar-refractivity contribution in [3.05, 3.63) is 55.7 Å². The maximum atomic E-state index is 6.27. The molecule has 4 heteroatoms. The van der Waals surface area contributed by atoms with Crippen molar-refractivity contribution in [3.8, 4) is 0 Å². The zero-order valence-electron chi connectivity index (χ0n) is 9.63. The van der Waals surface area contributed by atoms with Gasteiger partial charge < -0.3 is 5.32 Å². The highest BCUT2D eigenvalue weighted by Crippen LogP contribution is 2.34. The molecule has 1 N–H and O–H groups in total. The van der Waals surface area contributed by atoms with E-state index in [0.717, 1.165) is 5.56 Å². The third-order valence-electron chi connectivity index (χ3n) is 2.79. The molecule has 0 aliphatic carbocycles. The molecule has 0 spiro atoms. The molecule has 1 atom stereocenters. The SMILES string of the molecule is CNC(c1cscc1C)c1cccc(Cl)c1Cl. The van der Waals surface area contributed by atoms with Gasteiger partial charge in [0.1, 0.15) is 0 Å². The van der Waals surface area contributed by atoms with E-state index in [9.17, 15) is 0 Å². The predicted molar refractivity (Wildman–Crippen MR) is 76.4 cm³/mol. The molecule has 1 nitrogen and oxygen atoms in total. The summed E-state index contributed by atoms with van der Waals surface area (Å²) in [6.45, 7) is 2.11. The third-order valence-corrected chi connectivity index (χ3v) is 4.50. The molecule has 0 aliphatic rings. The lowest BCUT2D eigenvalue weighted by atomic mass is 9.98. The Balaban J connectivity index is 2.50. The summed E-state index contributed by atoms with van der Waals surface area (Å²) in [4.78, 5) is 0. The first kappa shape index (κ1) is 12.9. The fourth-order valence-electron chi connectivity index (χ4n) is 1.89. The monoisotopic (exact) mass is 285 g/mol. The average Bonchev–Trinajstić information content (AvgIpc) is 2.72. The van der Waals surface area contributed by atoms with Crippen LogP contribution in [0.5, 0.6) is 0 Å². The van der Waals surface area contributed by atoms with E-state index in [0.29, 0.717) is 10.0 Å². The van der Waals surface area contributed by atoms with Crippen LogP contribution in [0.15, 0.2) is 29.0 Å². The number of nitrogens with one attached hydrogen (secondary N) is 1. The Morgan fingerprint density at radius 1 is 1.18 bits per heavy atom. The molecular weight excluding hydrogens is 273 g/mol. The smallest absolute Gasteiger partial charge is 0.0643 e. The van der Waals surface area contributed by atoms with Crippen LogP contribution in [0.1, 0.15) is 22.7 Å². The summed E-state index contributed by atoms with van der Waals surface area (Å²) in [5.74, 6) is 0. The molecular formula is C13H13Cl2NS. The number of rotatable bonds is 3. The summed E-state index contributed by atoms with van der Waals surface area (Å²) in [5, 5.41) is 8.80. The molecule has 1 unspecified atom stereocenters. The van der Waals surface area contributed by atoms with Crippen LogP contribution in [0.25, 0.3) is 0 Å². The Bertz CT molecular complexity index is 522. The normalized spacial score (nSPS) is 12.7. The molecule has 1 aromatic heterocycles. The van der Waals surface area contributed by atoms with Crippen LogP contribution in [0.2, 0.25) is 10.0 Å². The molecule has 0 bridgehead atoms. The molecule has 2 rings (SSSR count). The second-order valence-corrected chi connectivity index (χ2v) is 5.40. The second kappa shape index (κ2) is 5.40. The second-order valence-electron chi connectivity index (χ2n) is 3.87. The van der Waals surface area contributed by atoms with Crippen molar-refractivity contribution in [2.24, 2.45) is 0 Å². The summed E-state index contributed by atoms with van der Waals surface area (Å²) in [7, 11) is 1.93. The van der Waals surface area contributed by atoms with Gasteiger partial charge in [0.15, 0.2) is 0 Å². The third kappa shape index (κ3) is 2.50. The topological polar surface area (TPSA) is 12.0 Å². The highest BCUT2D eigenvalue weighted by atomic mass is 35.5. The highest BCUT2D eigenvalue weighted by Gasteiger charge is 2.18. The van der Waals surface area contributed by atoms with Crippen LogP contribution in [0, 0.1) is 6.92 Å². The molecule has 2 aromatic rings. The first-order valence-electron chi connectivity index (χ1n) is 5.29. The van der Waals surface area contributed by atoms with Gasteiger partial charge in [-0.15, -0.1) is 0 Å². The summed E-state index contributed by atoms with van der Waals surface area (Å²) in [6.07, 6.45) is 0. The van der Waals surface area contributed by atoms with E-state index in [1.54, 1.807) is 17.4 Å². The van der Waals surface area contributed by atoms with Gasteiger partial charge in [0.05, 0.1) is 16.1 Å². The minimum atomic E-state index is 0.0902. The van der Waals surface area contributed by atoms with Crippen molar-refractivity contribution in [2.45, 2.75) is 13.0 Å². The van der Waals surface area contributed by atoms with Gasteiger partial charge in [-0.1, -0.05) is 35.3 Å². The molecule has 0 radical (unpaired) electrons. The summed E-state index contributed by atoms with van der Waals surface area (Å²) >= 11 is 14.0. The van der Waals surface area contributed by atoms with Gasteiger partial charge in [-0.05, 0) is 47.5 Å². The van der Waals surface area contributed by atoms with Crippen molar-refractivity contribution in [1.82, 2.24) is 5.32 Å². The first-order valence-corrected chi connectivity index (χ1v) is 6.99. The molecule has 0 aliphatic heterocycles. The maximum absolute atomic E-state index is 6.27. The fraction of sp³-hybridized carbons (Fsp3) is 0.231. The molecule has 1 heterocycles. The van der Waals surface area contributed by atoms with Crippen LogP contribution in [0.3, 0.4) is 0 Å². The van der Waals surface area contributed by atoms with E-state index < -0.39 is 0 Å². The average molecular weight is 286 g/mol. The Kier molecular flexibility index (Phi) is 4.10. The van der Waals surface area contributed by atoms with E-state index >= 15 is 0 Å². The lowest BCUT2D eigenvalue weighted by Gasteiger charge is -2.18. The first-order chi connectivity index (χ1) is 8.15. The van der Waals surface area contributed by atoms with Gasteiger partial charge in [0.2, 0.25) is 0 Å². The molecule has 0 amide bonds. The van der Waals surface area contributed by atoms with Gasteiger partial charge in [-0.3, -0.25) is 0 Å². The van der Waals surface area contributed by atoms with Crippen LogP contribution in [0.4, 0.5) is 0 Å². The standard InChI is InChI=1S/C13H13Cl2NS/c1-8-6-17-7-10(8)13(16-2)9-4-3-5-11(14)12(9)15/h3-7,13,16H,1-2H3. The van der Waals surface area contributed by atoms with Crippen molar-refractivity contribution < 1.29 is 0 Å².